The molecule has 2 nitrogen and oxygen atoms in total. The highest BCUT2D eigenvalue weighted by Gasteiger charge is 2.18. The van der Waals surface area contributed by atoms with Gasteiger partial charge >= 0.3 is 0 Å². The minimum atomic E-state index is 0.228. The van der Waals surface area contributed by atoms with Crippen LogP contribution in [-0.2, 0) is 13.1 Å². The van der Waals surface area contributed by atoms with Crippen LogP contribution in [0.15, 0.2) is 66.7 Å². The Morgan fingerprint density at radius 3 is 2.22 bits per heavy atom. The summed E-state index contributed by atoms with van der Waals surface area (Å²) in [6, 6.07) is 22.7. The Bertz CT molecular complexity index is 843. The van der Waals surface area contributed by atoms with Crippen molar-refractivity contribution in [2.75, 3.05) is 6.54 Å². The van der Waals surface area contributed by atoms with E-state index < -0.39 is 0 Å². The molecule has 0 atom stereocenters. The van der Waals surface area contributed by atoms with Crippen LogP contribution >= 0.6 is 0 Å². The Labute approximate surface area is 136 Å². The Morgan fingerprint density at radius 1 is 0.826 bits per heavy atom. The zero-order valence-corrected chi connectivity index (χ0v) is 13.0. The predicted octanol–water partition coefficient (Wildman–Crippen LogP) is 4.43. The van der Waals surface area contributed by atoms with E-state index in [1.807, 2.05) is 30.3 Å². The van der Waals surface area contributed by atoms with E-state index in [1.165, 1.54) is 16.5 Å². The van der Waals surface area contributed by atoms with Crippen LogP contribution in [0, 0.1) is 0 Å². The maximum absolute atomic E-state index is 12.5. The number of ketones is 1. The summed E-state index contributed by atoms with van der Waals surface area (Å²) >= 11 is 0. The largest absolute Gasteiger partial charge is 0.294 e. The lowest BCUT2D eigenvalue weighted by molar-refractivity contribution is 0.0963. The average molecular weight is 301 g/mol. The van der Waals surface area contributed by atoms with Gasteiger partial charge in [0.1, 0.15) is 0 Å². The molecule has 0 radical (unpaired) electrons. The number of hydrogen-bond acceptors (Lipinski definition) is 2. The van der Waals surface area contributed by atoms with Crippen molar-refractivity contribution in [2.24, 2.45) is 0 Å². The van der Waals surface area contributed by atoms with E-state index in [-0.39, 0.29) is 5.78 Å². The van der Waals surface area contributed by atoms with Gasteiger partial charge < -0.3 is 0 Å². The van der Waals surface area contributed by atoms with E-state index >= 15 is 0 Å². The van der Waals surface area contributed by atoms with Crippen LogP contribution in [0.4, 0.5) is 0 Å². The lowest BCUT2D eigenvalue weighted by Gasteiger charge is -2.14. The smallest absolute Gasteiger partial charge is 0.164 e. The fourth-order valence-electron chi connectivity index (χ4n) is 3.33. The zero-order valence-electron chi connectivity index (χ0n) is 13.0. The summed E-state index contributed by atoms with van der Waals surface area (Å²) in [5, 5.41) is 2.31. The summed E-state index contributed by atoms with van der Waals surface area (Å²) in [5.41, 5.74) is 3.61. The SMILES string of the molecule is O=C(CCN1Cc2ccccc2C1)c1ccc2ccccc2c1. The van der Waals surface area contributed by atoms with Crippen LogP contribution in [0.25, 0.3) is 10.8 Å². The summed E-state index contributed by atoms with van der Waals surface area (Å²) in [7, 11) is 0. The molecule has 23 heavy (non-hydrogen) atoms. The maximum atomic E-state index is 12.5. The zero-order chi connectivity index (χ0) is 15.6. The first-order valence-corrected chi connectivity index (χ1v) is 8.11. The van der Waals surface area contributed by atoms with Crippen molar-refractivity contribution in [2.45, 2.75) is 19.5 Å². The van der Waals surface area contributed by atoms with Gasteiger partial charge in [0.05, 0.1) is 0 Å². The van der Waals surface area contributed by atoms with Crippen LogP contribution in [0.2, 0.25) is 0 Å². The molecule has 3 aromatic carbocycles. The van der Waals surface area contributed by atoms with Crippen LogP contribution in [-0.4, -0.2) is 17.2 Å². The quantitative estimate of drug-likeness (QED) is 0.664. The van der Waals surface area contributed by atoms with E-state index in [1.54, 1.807) is 0 Å². The van der Waals surface area contributed by atoms with E-state index in [0.717, 1.165) is 30.6 Å². The van der Waals surface area contributed by atoms with Gasteiger partial charge in [-0.2, -0.15) is 0 Å². The number of carbonyl (C=O) groups is 1. The maximum Gasteiger partial charge on any atom is 0.164 e. The number of fused-ring (bicyclic) bond motifs is 2. The molecule has 0 fully saturated rings. The van der Waals surface area contributed by atoms with E-state index in [0.29, 0.717) is 6.42 Å². The average Bonchev–Trinajstić information content (AvgIpc) is 3.02. The van der Waals surface area contributed by atoms with Crippen LogP contribution < -0.4 is 0 Å². The number of rotatable bonds is 4. The molecule has 0 N–H and O–H groups in total. The predicted molar refractivity (Wildman–Crippen MR) is 93.5 cm³/mol. The molecule has 2 heteroatoms. The molecule has 0 saturated carbocycles. The monoisotopic (exact) mass is 301 g/mol. The molecule has 0 unspecified atom stereocenters. The van der Waals surface area contributed by atoms with Gasteiger partial charge in [-0.3, -0.25) is 9.69 Å². The second-order valence-corrected chi connectivity index (χ2v) is 6.21. The highest BCUT2D eigenvalue weighted by Crippen LogP contribution is 2.23. The first kappa shape index (κ1) is 14.2. The third-order valence-corrected chi connectivity index (χ3v) is 4.63. The highest BCUT2D eigenvalue weighted by molar-refractivity contribution is 6.00. The third-order valence-electron chi connectivity index (χ3n) is 4.63. The molecule has 0 amide bonds. The van der Waals surface area contributed by atoms with E-state index in [9.17, 15) is 4.79 Å². The summed E-state index contributed by atoms with van der Waals surface area (Å²) in [6.07, 6.45) is 0.576. The number of nitrogens with zero attached hydrogens (tertiary/aromatic N) is 1. The lowest BCUT2D eigenvalue weighted by atomic mass is 10.0. The Kier molecular flexibility index (Phi) is 3.68. The highest BCUT2D eigenvalue weighted by atomic mass is 16.1. The molecule has 0 bridgehead atoms. The van der Waals surface area contributed by atoms with Crippen molar-refractivity contribution >= 4 is 16.6 Å². The van der Waals surface area contributed by atoms with Gasteiger partial charge in [0.25, 0.3) is 0 Å². The van der Waals surface area contributed by atoms with Crippen LogP contribution in [0.3, 0.4) is 0 Å². The molecule has 1 heterocycles. The minimum Gasteiger partial charge on any atom is -0.294 e. The molecule has 0 aromatic heterocycles. The molecule has 4 rings (SSSR count). The van der Waals surface area contributed by atoms with Crippen LogP contribution in [0.1, 0.15) is 27.9 Å². The van der Waals surface area contributed by atoms with Gasteiger partial charge in [-0.1, -0.05) is 60.7 Å². The van der Waals surface area contributed by atoms with Gasteiger partial charge in [-0.05, 0) is 28.0 Å². The van der Waals surface area contributed by atoms with Gasteiger partial charge in [-0.15, -0.1) is 0 Å². The van der Waals surface area contributed by atoms with Crippen molar-refractivity contribution < 1.29 is 4.79 Å². The number of Topliss-reactive ketones (excluding diaryl/α,β-unsaturated/α-hetero) is 1. The summed E-state index contributed by atoms with van der Waals surface area (Å²) in [5.74, 6) is 0.228. The van der Waals surface area contributed by atoms with Crippen molar-refractivity contribution in [1.82, 2.24) is 4.90 Å². The second kappa shape index (κ2) is 5.98. The molecule has 1 aliphatic heterocycles. The van der Waals surface area contributed by atoms with Crippen molar-refractivity contribution in [3.8, 4) is 0 Å². The van der Waals surface area contributed by atoms with Crippen molar-refractivity contribution in [1.29, 1.82) is 0 Å². The van der Waals surface area contributed by atoms with Gasteiger partial charge in [0.2, 0.25) is 0 Å². The topological polar surface area (TPSA) is 20.3 Å². The van der Waals surface area contributed by atoms with Gasteiger partial charge in [0.15, 0.2) is 5.78 Å². The molecule has 0 spiro atoms. The Morgan fingerprint density at radius 2 is 1.48 bits per heavy atom. The lowest BCUT2D eigenvalue weighted by Crippen LogP contribution is -2.20. The first-order chi connectivity index (χ1) is 11.3. The van der Waals surface area contributed by atoms with Gasteiger partial charge in [-0.25, -0.2) is 0 Å². The molecular formula is C21H19NO. The standard InChI is InChI=1S/C21H19NO/c23-21(18-10-9-16-5-1-2-6-17(16)13-18)11-12-22-14-19-7-3-4-8-20(19)15-22/h1-10,13H,11-12,14-15H2. The molecular weight excluding hydrogens is 282 g/mol. The van der Waals surface area contributed by atoms with Crippen molar-refractivity contribution in [3.63, 3.8) is 0 Å². The van der Waals surface area contributed by atoms with Crippen LogP contribution in [0.5, 0.6) is 0 Å². The Balaban J connectivity index is 1.42. The summed E-state index contributed by atoms with van der Waals surface area (Å²) in [4.78, 5) is 14.8. The normalized spacial score (nSPS) is 14.1. The number of carbonyl (C=O) groups excluding carboxylic acids is 1. The molecule has 1 aliphatic rings. The number of benzene rings is 3. The fraction of sp³-hybridized carbons (Fsp3) is 0.190. The Hall–Kier alpha value is -2.45. The first-order valence-electron chi connectivity index (χ1n) is 8.11. The fourth-order valence-corrected chi connectivity index (χ4v) is 3.33. The second-order valence-electron chi connectivity index (χ2n) is 6.21. The van der Waals surface area contributed by atoms with E-state index in [2.05, 4.69) is 41.3 Å². The molecule has 3 aromatic rings. The minimum absolute atomic E-state index is 0.228. The molecule has 0 aliphatic carbocycles. The third kappa shape index (κ3) is 2.90. The number of hydrogen-bond donors (Lipinski definition) is 0. The summed E-state index contributed by atoms with van der Waals surface area (Å²) < 4.78 is 0. The van der Waals surface area contributed by atoms with Crippen molar-refractivity contribution in [3.05, 3.63) is 83.4 Å². The molecule has 0 saturated heterocycles. The van der Waals surface area contributed by atoms with E-state index in [4.69, 9.17) is 0 Å². The van der Waals surface area contributed by atoms with Gasteiger partial charge in [0, 0.05) is 31.6 Å². The molecule has 114 valence electrons. The summed E-state index contributed by atoms with van der Waals surface area (Å²) in [6.45, 7) is 2.74.